The highest BCUT2D eigenvalue weighted by molar-refractivity contribution is 5.85. The first kappa shape index (κ1) is 12.7. The molecule has 1 rings (SSSR count). The second-order valence-electron chi connectivity index (χ2n) is 2.79. The summed E-state index contributed by atoms with van der Waals surface area (Å²) < 4.78 is 0. The number of nitrogens with two attached hydrogens (primary N) is 1. The van der Waals surface area contributed by atoms with Crippen LogP contribution < -0.4 is 5.73 Å². The highest BCUT2D eigenvalue weighted by Gasteiger charge is 2.16. The minimum Gasteiger partial charge on any atom is -0.508 e. The normalized spacial score (nSPS) is 11.6. The third-order valence-electron chi connectivity index (χ3n) is 1.70. The molecule has 0 heterocycles. The summed E-state index contributed by atoms with van der Waals surface area (Å²) in [5.41, 5.74) is 5.78. The smallest absolute Gasteiger partial charge is 0.274 e. The van der Waals surface area contributed by atoms with Crippen LogP contribution in [0, 0.1) is 10.1 Å². The number of nitro groups is 1. The van der Waals surface area contributed by atoms with Crippen molar-refractivity contribution in [1.82, 2.24) is 0 Å². The number of phenols is 1. The van der Waals surface area contributed by atoms with Crippen LogP contribution in [-0.4, -0.2) is 10.0 Å². The van der Waals surface area contributed by atoms with E-state index in [1.807, 2.05) is 0 Å². The van der Waals surface area contributed by atoms with E-state index in [4.69, 9.17) is 10.8 Å². The number of nitrogens with zero attached hydrogens (tertiary/aromatic N) is 1. The maximum absolute atomic E-state index is 10.5. The van der Waals surface area contributed by atoms with E-state index in [1.165, 1.54) is 18.2 Å². The number of phenolic OH excluding ortho intramolecular Hbond substituents is 1. The number of aromatic hydroxyl groups is 1. The molecule has 0 spiro atoms. The SMILES string of the molecule is C[C@H](N)c1cc(O)ccc1[N+](=O)[O-].Cl. The second kappa shape index (κ2) is 4.78. The van der Waals surface area contributed by atoms with E-state index in [1.54, 1.807) is 6.92 Å². The van der Waals surface area contributed by atoms with Crippen molar-refractivity contribution in [2.24, 2.45) is 5.73 Å². The average Bonchev–Trinajstić information content (AvgIpc) is 2.03. The number of halogens is 1. The summed E-state index contributed by atoms with van der Waals surface area (Å²) in [6.07, 6.45) is 0. The van der Waals surface area contributed by atoms with Gasteiger partial charge < -0.3 is 10.8 Å². The summed E-state index contributed by atoms with van der Waals surface area (Å²) >= 11 is 0. The lowest BCUT2D eigenvalue weighted by Crippen LogP contribution is -2.07. The topological polar surface area (TPSA) is 89.4 Å². The maximum Gasteiger partial charge on any atom is 0.274 e. The van der Waals surface area contributed by atoms with Crippen molar-refractivity contribution >= 4 is 18.1 Å². The summed E-state index contributed by atoms with van der Waals surface area (Å²) in [5.74, 6) is -0.0158. The molecule has 5 nitrogen and oxygen atoms in total. The van der Waals surface area contributed by atoms with Gasteiger partial charge in [0.2, 0.25) is 0 Å². The van der Waals surface area contributed by atoms with E-state index in [2.05, 4.69) is 0 Å². The fourth-order valence-corrected chi connectivity index (χ4v) is 1.07. The van der Waals surface area contributed by atoms with Crippen LogP contribution in [0.2, 0.25) is 0 Å². The Hall–Kier alpha value is -1.33. The van der Waals surface area contributed by atoms with Crippen LogP contribution in [0.3, 0.4) is 0 Å². The summed E-state index contributed by atoms with van der Waals surface area (Å²) in [6, 6.07) is 3.36. The fourth-order valence-electron chi connectivity index (χ4n) is 1.07. The summed E-state index contributed by atoms with van der Waals surface area (Å²) in [4.78, 5) is 9.99. The third-order valence-corrected chi connectivity index (χ3v) is 1.70. The van der Waals surface area contributed by atoms with Gasteiger partial charge in [-0.2, -0.15) is 0 Å². The van der Waals surface area contributed by atoms with Gasteiger partial charge in [-0.1, -0.05) is 0 Å². The van der Waals surface area contributed by atoms with E-state index < -0.39 is 11.0 Å². The Morgan fingerprint density at radius 3 is 2.57 bits per heavy atom. The first-order valence-electron chi connectivity index (χ1n) is 3.75. The molecule has 0 aliphatic carbocycles. The van der Waals surface area contributed by atoms with Gasteiger partial charge in [-0.05, 0) is 19.1 Å². The van der Waals surface area contributed by atoms with Crippen molar-refractivity contribution in [3.8, 4) is 5.75 Å². The fraction of sp³-hybridized carbons (Fsp3) is 0.250. The molecule has 3 N–H and O–H groups in total. The minimum atomic E-state index is -0.516. The standard InChI is InChI=1S/C8H10N2O3.ClH/c1-5(9)7-4-6(11)2-3-8(7)10(12)13;/h2-5,11H,9H2,1H3;1H/t5-;/m0./s1. The van der Waals surface area contributed by atoms with Gasteiger partial charge in [0.1, 0.15) is 5.75 Å². The lowest BCUT2D eigenvalue weighted by molar-refractivity contribution is -0.385. The van der Waals surface area contributed by atoms with Crippen molar-refractivity contribution in [3.05, 3.63) is 33.9 Å². The van der Waals surface area contributed by atoms with Crippen molar-refractivity contribution in [2.75, 3.05) is 0 Å². The minimum absolute atomic E-state index is 0. The lowest BCUT2D eigenvalue weighted by atomic mass is 10.1. The summed E-state index contributed by atoms with van der Waals surface area (Å²) in [7, 11) is 0. The summed E-state index contributed by atoms with van der Waals surface area (Å²) in [5, 5.41) is 19.6. The molecule has 0 saturated carbocycles. The Morgan fingerprint density at radius 1 is 1.57 bits per heavy atom. The molecule has 0 amide bonds. The van der Waals surface area contributed by atoms with Gasteiger partial charge in [0.05, 0.1) is 4.92 Å². The highest BCUT2D eigenvalue weighted by atomic mass is 35.5. The Bertz CT molecular complexity index is 341. The van der Waals surface area contributed by atoms with Crippen molar-refractivity contribution < 1.29 is 10.0 Å². The van der Waals surface area contributed by atoms with Crippen LogP contribution >= 0.6 is 12.4 Å². The number of hydrogen-bond donors (Lipinski definition) is 2. The third kappa shape index (κ3) is 2.58. The monoisotopic (exact) mass is 218 g/mol. The zero-order valence-corrected chi connectivity index (χ0v) is 8.32. The first-order chi connectivity index (χ1) is 6.02. The van der Waals surface area contributed by atoms with Gasteiger partial charge in [0, 0.05) is 17.7 Å². The molecule has 1 aromatic carbocycles. The van der Waals surface area contributed by atoms with Crippen LogP contribution in [0.4, 0.5) is 5.69 Å². The average molecular weight is 219 g/mol. The molecule has 0 radical (unpaired) electrons. The highest BCUT2D eigenvalue weighted by Crippen LogP contribution is 2.27. The molecule has 78 valence electrons. The van der Waals surface area contributed by atoms with Crippen LogP contribution in [0.15, 0.2) is 18.2 Å². The molecule has 0 aromatic heterocycles. The Morgan fingerprint density at radius 2 is 2.14 bits per heavy atom. The van der Waals surface area contributed by atoms with E-state index in [0.29, 0.717) is 5.56 Å². The molecule has 14 heavy (non-hydrogen) atoms. The van der Waals surface area contributed by atoms with Crippen LogP contribution in [0.5, 0.6) is 5.75 Å². The number of rotatable bonds is 2. The summed E-state index contributed by atoms with van der Waals surface area (Å²) in [6.45, 7) is 1.63. The van der Waals surface area contributed by atoms with Gasteiger partial charge in [0.15, 0.2) is 0 Å². The van der Waals surface area contributed by atoms with Gasteiger partial charge in [-0.3, -0.25) is 10.1 Å². The van der Waals surface area contributed by atoms with Gasteiger partial charge in [-0.25, -0.2) is 0 Å². The zero-order chi connectivity index (χ0) is 10.0. The molecule has 0 fully saturated rings. The van der Waals surface area contributed by atoms with Crippen LogP contribution in [-0.2, 0) is 0 Å². The predicted octanol–water partition coefficient (Wildman–Crippen LogP) is 1.74. The van der Waals surface area contributed by atoms with Crippen LogP contribution in [0.25, 0.3) is 0 Å². The number of nitro benzene ring substituents is 1. The Balaban J connectivity index is 0.00000169. The molecular weight excluding hydrogens is 208 g/mol. The molecule has 0 aliphatic heterocycles. The molecule has 1 aromatic rings. The van der Waals surface area contributed by atoms with Crippen molar-refractivity contribution in [2.45, 2.75) is 13.0 Å². The maximum atomic E-state index is 10.5. The Kier molecular flexibility index (Phi) is 4.33. The van der Waals surface area contributed by atoms with Crippen molar-refractivity contribution in [3.63, 3.8) is 0 Å². The van der Waals surface area contributed by atoms with Crippen molar-refractivity contribution in [1.29, 1.82) is 0 Å². The molecule has 0 bridgehead atoms. The molecule has 1 atom stereocenters. The lowest BCUT2D eigenvalue weighted by Gasteiger charge is -2.06. The molecular formula is C8H11ClN2O3. The molecule has 0 unspecified atom stereocenters. The van der Waals surface area contributed by atoms with Gasteiger partial charge in [0.25, 0.3) is 5.69 Å². The van der Waals surface area contributed by atoms with E-state index >= 15 is 0 Å². The van der Waals surface area contributed by atoms with E-state index in [-0.39, 0.29) is 23.8 Å². The van der Waals surface area contributed by atoms with Gasteiger partial charge >= 0.3 is 0 Å². The first-order valence-corrected chi connectivity index (χ1v) is 3.75. The van der Waals surface area contributed by atoms with Gasteiger partial charge in [-0.15, -0.1) is 12.4 Å². The largest absolute Gasteiger partial charge is 0.508 e. The Labute approximate surface area is 87.1 Å². The quantitative estimate of drug-likeness (QED) is 0.585. The second-order valence-corrected chi connectivity index (χ2v) is 2.79. The zero-order valence-electron chi connectivity index (χ0n) is 7.51. The number of hydrogen-bond acceptors (Lipinski definition) is 4. The van der Waals surface area contributed by atoms with Crippen LogP contribution in [0.1, 0.15) is 18.5 Å². The van der Waals surface area contributed by atoms with E-state index in [9.17, 15) is 10.1 Å². The molecule has 0 aliphatic rings. The molecule has 0 saturated heterocycles. The van der Waals surface area contributed by atoms with E-state index in [0.717, 1.165) is 0 Å². The number of benzene rings is 1. The molecule has 6 heteroatoms. The predicted molar refractivity (Wildman–Crippen MR) is 54.6 cm³/mol.